The van der Waals surface area contributed by atoms with Gasteiger partial charge in [0.2, 0.25) is 0 Å². The molecule has 0 aliphatic heterocycles. The van der Waals surface area contributed by atoms with Gasteiger partial charge in [-0.2, -0.15) is 0 Å². The van der Waals surface area contributed by atoms with Crippen LogP contribution in [0.4, 0.5) is 0 Å². The Morgan fingerprint density at radius 2 is 1.39 bits per heavy atom. The van der Waals surface area contributed by atoms with Crippen LogP contribution in [-0.4, -0.2) is 14.5 Å². The molecule has 0 aliphatic carbocycles. The maximum absolute atomic E-state index is 8.65. The van der Waals surface area contributed by atoms with Crippen LogP contribution in [0.3, 0.4) is 0 Å². The molecular weight excluding hydrogens is 959 g/mol. The van der Waals surface area contributed by atoms with Crippen LogP contribution >= 0.6 is 0 Å². The van der Waals surface area contributed by atoms with Crippen LogP contribution in [0.25, 0.3) is 94.0 Å². The predicted octanol–water partition coefficient (Wildman–Crippen LogP) is 16.1. The number of imidazole rings is 1. The first-order valence-corrected chi connectivity index (χ1v) is 21.2. The number of hydrogen-bond acceptors (Lipinski definition) is 3. The van der Waals surface area contributed by atoms with Crippen LogP contribution in [0.2, 0.25) is 0 Å². The van der Waals surface area contributed by atoms with Crippen LogP contribution < -0.4 is 0 Å². The van der Waals surface area contributed by atoms with E-state index < -0.39 is 20.6 Å². The SMILES string of the molecule is [2H]C([2H])([2H])c1c[c-]c(-c2ccc(C([2H])([2H])[2H])cn2)cc1.[2H]C([2H])([2H])c1cccc2nc(-c3[c-]ccc4c3oc3cc5c(ccc6ccccc65)cc34)n(-c3c(C(C)C)cc(-c4ccccc4)cc3C(C)C)c12.[Ir]. The summed E-state index contributed by atoms with van der Waals surface area (Å²) in [5.74, 6) is 0.840. The standard InChI is InChI=1S/C46H37N2O.C13H12N.Ir/c1-27(2)37-24-33(30-14-7-6-8-15-30)25-38(28(3)4)44(37)48-43-29(5)13-11-20-41(43)47-46(48)36-19-12-18-35-40-23-32-22-21-31-16-9-10-17-34(31)39(32)26-42(40)49-45(35)36;1-10-3-6-12(7-4-10)13-8-5-11(2)9-14-13;/h6-18,20-28H,1-5H3;3-6,8-9H,1-2H3;/q2*-1;/i5D3;1D3,2D3;. The molecule has 11 rings (SSSR count). The summed E-state index contributed by atoms with van der Waals surface area (Å²) in [5.41, 5.74) is 10.6. The van der Waals surface area contributed by atoms with Crippen molar-refractivity contribution in [2.24, 2.45) is 0 Å². The van der Waals surface area contributed by atoms with Gasteiger partial charge < -0.3 is 14.0 Å². The molecule has 3 aromatic heterocycles. The molecule has 0 atom stereocenters. The quantitative estimate of drug-likeness (QED) is 0.123. The third kappa shape index (κ3) is 7.74. The molecule has 0 saturated carbocycles. The minimum absolute atomic E-state index is 0. The molecule has 0 bridgehead atoms. The first kappa shape index (κ1) is 32.9. The van der Waals surface area contributed by atoms with Crippen LogP contribution in [0.1, 0.15) is 79.7 Å². The second-order valence-corrected chi connectivity index (χ2v) is 16.6. The van der Waals surface area contributed by atoms with Crippen LogP contribution in [0.15, 0.2) is 162 Å². The summed E-state index contributed by atoms with van der Waals surface area (Å²) < 4.78 is 78.5. The number of pyridine rings is 1. The minimum Gasteiger partial charge on any atom is -0.501 e. The zero-order valence-corrected chi connectivity index (χ0v) is 38.1. The van der Waals surface area contributed by atoms with E-state index in [1.165, 1.54) is 35.2 Å². The van der Waals surface area contributed by atoms with Crippen molar-refractivity contribution in [1.82, 2.24) is 14.5 Å². The second kappa shape index (κ2) is 17.5. The molecule has 1 radical (unpaired) electrons. The van der Waals surface area contributed by atoms with Crippen molar-refractivity contribution >= 4 is 54.5 Å². The molecule has 4 nitrogen and oxygen atoms in total. The van der Waals surface area contributed by atoms with E-state index in [1.807, 2.05) is 24.3 Å². The van der Waals surface area contributed by atoms with Gasteiger partial charge in [-0.05, 0) is 116 Å². The molecule has 3 heterocycles. The van der Waals surface area contributed by atoms with Crippen molar-refractivity contribution in [1.29, 1.82) is 0 Å². The van der Waals surface area contributed by atoms with Gasteiger partial charge in [0.05, 0.1) is 22.4 Å². The summed E-state index contributed by atoms with van der Waals surface area (Å²) in [7, 11) is 0. The van der Waals surface area contributed by atoms with Crippen LogP contribution in [0.5, 0.6) is 0 Å². The van der Waals surface area contributed by atoms with Crippen LogP contribution in [-0.2, 0) is 20.1 Å². The van der Waals surface area contributed by atoms with Crippen molar-refractivity contribution in [3.05, 3.63) is 198 Å². The zero-order valence-electron chi connectivity index (χ0n) is 44.7. The first-order valence-electron chi connectivity index (χ1n) is 25.7. The maximum Gasteiger partial charge on any atom is 0.121 e. The van der Waals surface area contributed by atoms with Crippen LogP contribution in [0, 0.1) is 32.7 Å². The van der Waals surface area contributed by atoms with Gasteiger partial charge in [-0.3, -0.25) is 4.98 Å². The molecule has 11 aromatic rings. The average Bonchev–Trinajstić information content (AvgIpc) is 3.93. The van der Waals surface area contributed by atoms with Crippen molar-refractivity contribution in [3.8, 4) is 39.5 Å². The number of furan rings is 1. The second-order valence-electron chi connectivity index (χ2n) is 16.6. The zero-order chi connectivity index (χ0) is 50.9. The molecule has 0 amide bonds. The molecule has 0 unspecified atom stereocenters. The Bertz CT molecular complexity index is 3730. The van der Waals surface area contributed by atoms with Crippen molar-refractivity contribution in [2.45, 2.75) is 60.1 Å². The van der Waals surface area contributed by atoms with E-state index in [9.17, 15) is 0 Å². The molecule has 5 heteroatoms. The largest absolute Gasteiger partial charge is 0.501 e. The number of para-hydroxylation sites is 1. The molecular formula is C59H49IrN3O-2. The first-order chi connectivity index (χ1) is 34.3. The molecule has 0 saturated heterocycles. The Kier molecular flexibility index (Phi) is 9.00. The number of fused-ring (bicyclic) bond motifs is 7. The Morgan fingerprint density at radius 3 is 2.11 bits per heavy atom. The van der Waals surface area contributed by atoms with E-state index in [0.717, 1.165) is 55.1 Å². The van der Waals surface area contributed by atoms with Crippen molar-refractivity contribution in [3.63, 3.8) is 0 Å². The van der Waals surface area contributed by atoms with E-state index in [4.69, 9.17) is 21.7 Å². The van der Waals surface area contributed by atoms with Gasteiger partial charge in [-0.25, -0.2) is 0 Å². The topological polar surface area (TPSA) is 43.9 Å². The molecule has 0 aliphatic rings. The summed E-state index contributed by atoms with van der Waals surface area (Å²) >= 11 is 0. The minimum atomic E-state index is -2.37. The monoisotopic (exact) mass is 1020 g/mol. The molecule has 317 valence electrons. The summed E-state index contributed by atoms with van der Waals surface area (Å²) in [6.07, 6.45) is 1.30. The maximum atomic E-state index is 8.65. The fraction of sp³-hybridized carbons (Fsp3) is 0.153. The average molecular weight is 1020 g/mol. The normalized spacial score (nSPS) is 14.2. The van der Waals surface area contributed by atoms with E-state index in [-0.39, 0.29) is 48.6 Å². The van der Waals surface area contributed by atoms with Gasteiger partial charge in [0, 0.05) is 49.7 Å². The van der Waals surface area contributed by atoms with Gasteiger partial charge in [0.1, 0.15) is 5.58 Å². The summed E-state index contributed by atoms with van der Waals surface area (Å²) in [5, 5.41) is 6.59. The van der Waals surface area contributed by atoms with Gasteiger partial charge >= 0.3 is 0 Å². The smallest absolute Gasteiger partial charge is 0.121 e. The fourth-order valence-corrected chi connectivity index (χ4v) is 8.67. The third-order valence-corrected chi connectivity index (χ3v) is 11.8. The molecule has 8 aromatic carbocycles. The molecule has 0 N–H and O–H groups in total. The van der Waals surface area contributed by atoms with Gasteiger partial charge in [-0.15, -0.1) is 53.6 Å². The number of nitrogens with zero attached hydrogens (tertiary/aromatic N) is 3. The number of rotatable bonds is 6. The summed E-state index contributed by atoms with van der Waals surface area (Å²) in [6, 6.07) is 55.4. The van der Waals surface area contributed by atoms with E-state index in [2.05, 4.69) is 134 Å². The summed E-state index contributed by atoms with van der Waals surface area (Å²) in [4.78, 5) is 9.33. The molecule has 64 heavy (non-hydrogen) atoms. The Hall–Kier alpha value is -6.65. The Balaban J connectivity index is 0.000000264. The fourth-order valence-electron chi connectivity index (χ4n) is 8.67. The van der Waals surface area contributed by atoms with Crippen molar-refractivity contribution < 1.29 is 36.9 Å². The van der Waals surface area contributed by atoms with E-state index in [1.54, 1.807) is 24.3 Å². The van der Waals surface area contributed by atoms with E-state index in [0.29, 0.717) is 39.3 Å². The van der Waals surface area contributed by atoms with Crippen molar-refractivity contribution in [2.75, 3.05) is 0 Å². The summed E-state index contributed by atoms with van der Waals surface area (Å²) in [6.45, 7) is 2.08. The third-order valence-electron chi connectivity index (χ3n) is 11.8. The molecule has 0 fully saturated rings. The number of aryl methyl sites for hydroxylation is 3. The predicted molar refractivity (Wildman–Crippen MR) is 264 cm³/mol. The number of hydrogen-bond donors (Lipinski definition) is 0. The Labute approximate surface area is 401 Å². The number of benzene rings is 8. The van der Waals surface area contributed by atoms with Gasteiger partial charge in [-0.1, -0.05) is 136 Å². The number of aromatic nitrogens is 3. The molecule has 0 spiro atoms. The Morgan fingerprint density at radius 1 is 0.625 bits per heavy atom. The van der Waals surface area contributed by atoms with E-state index >= 15 is 0 Å². The van der Waals surface area contributed by atoms with Gasteiger partial charge in [0.15, 0.2) is 0 Å². The van der Waals surface area contributed by atoms with Gasteiger partial charge in [0.25, 0.3) is 0 Å².